The molecule has 0 amide bonds. The number of hydrogen-bond donors (Lipinski definition) is 1. The second kappa shape index (κ2) is 10.6. The molecule has 0 bridgehead atoms. The predicted octanol–water partition coefficient (Wildman–Crippen LogP) is 4.87. The molecule has 0 fully saturated rings. The summed E-state index contributed by atoms with van der Waals surface area (Å²) in [4.78, 5) is 14.6. The van der Waals surface area contributed by atoms with Crippen LogP contribution in [-0.4, -0.2) is 42.7 Å². The topological polar surface area (TPSA) is 29.5 Å². The van der Waals surface area contributed by atoms with Crippen molar-refractivity contribution in [2.24, 2.45) is 0 Å². The van der Waals surface area contributed by atoms with Gasteiger partial charge in [0.25, 0.3) is 0 Å². The molecule has 0 spiro atoms. The smallest absolute Gasteiger partial charge is 0.193 e. The number of benzene rings is 2. The number of ketones is 1. The van der Waals surface area contributed by atoms with E-state index in [4.69, 9.17) is 4.74 Å². The van der Waals surface area contributed by atoms with Crippen LogP contribution in [0.5, 0.6) is 5.75 Å². The Balaban J connectivity index is 1.82. The van der Waals surface area contributed by atoms with E-state index >= 15 is 0 Å². The summed E-state index contributed by atoms with van der Waals surface area (Å²) in [6.07, 6.45) is 4.09. The lowest BCUT2D eigenvalue weighted by molar-refractivity contribution is 0.103. The summed E-state index contributed by atoms with van der Waals surface area (Å²) in [6, 6.07) is 14.6. The first kappa shape index (κ1) is 20.7. The van der Waals surface area contributed by atoms with Crippen molar-refractivity contribution in [1.82, 2.24) is 4.90 Å². The van der Waals surface area contributed by atoms with E-state index < -0.39 is 0 Å². The van der Waals surface area contributed by atoms with Crippen LogP contribution >= 0.6 is 28.6 Å². The zero-order valence-electron chi connectivity index (χ0n) is 15.1. The van der Waals surface area contributed by atoms with Crippen molar-refractivity contribution in [3.63, 3.8) is 0 Å². The van der Waals surface area contributed by atoms with Gasteiger partial charge in [-0.3, -0.25) is 4.79 Å². The zero-order chi connectivity index (χ0) is 18.9. The SMILES string of the molecule is CC(S)CN(C)C/C=C/COc1ccc(C(=O)c2ccc(Br)cc2)cc1. The average Bonchev–Trinajstić information content (AvgIpc) is 2.61. The van der Waals surface area contributed by atoms with Gasteiger partial charge in [0, 0.05) is 33.9 Å². The van der Waals surface area contributed by atoms with Crippen LogP contribution in [0.4, 0.5) is 0 Å². The summed E-state index contributed by atoms with van der Waals surface area (Å²) < 4.78 is 6.64. The van der Waals surface area contributed by atoms with Gasteiger partial charge in [-0.1, -0.05) is 35.0 Å². The van der Waals surface area contributed by atoms with Crippen LogP contribution in [0.2, 0.25) is 0 Å². The Labute approximate surface area is 169 Å². The Morgan fingerprint density at radius 1 is 1.12 bits per heavy atom. The lowest BCUT2D eigenvalue weighted by Gasteiger charge is -2.15. The zero-order valence-corrected chi connectivity index (χ0v) is 17.5. The molecule has 0 saturated heterocycles. The number of thiol groups is 1. The molecule has 2 aromatic carbocycles. The molecule has 0 aliphatic rings. The maximum absolute atomic E-state index is 12.4. The van der Waals surface area contributed by atoms with Crippen molar-refractivity contribution in [3.8, 4) is 5.75 Å². The molecule has 1 unspecified atom stereocenters. The Kier molecular flexibility index (Phi) is 8.42. The summed E-state index contributed by atoms with van der Waals surface area (Å²) in [5.74, 6) is 0.754. The summed E-state index contributed by atoms with van der Waals surface area (Å²) in [5, 5.41) is 0.364. The van der Waals surface area contributed by atoms with Gasteiger partial charge in [0.1, 0.15) is 12.4 Å². The van der Waals surface area contributed by atoms with Gasteiger partial charge in [0.05, 0.1) is 0 Å². The monoisotopic (exact) mass is 433 g/mol. The van der Waals surface area contributed by atoms with E-state index in [1.165, 1.54) is 0 Å². The molecular weight excluding hydrogens is 410 g/mol. The molecule has 3 nitrogen and oxygen atoms in total. The number of rotatable bonds is 9. The van der Waals surface area contributed by atoms with Crippen molar-refractivity contribution in [2.45, 2.75) is 12.2 Å². The first-order valence-corrected chi connectivity index (χ1v) is 9.81. The second-order valence-electron chi connectivity index (χ2n) is 6.21. The predicted molar refractivity (Wildman–Crippen MR) is 115 cm³/mol. The van der Waals surface area contributed by atoms with Crippen LogP contribution in [0.3, 0.4) is 0 Å². The van der Waals surface area contributed by atoms with Crippen molar-refractivity contribution in [1.29, 1.82) is 0 Å². The molecule has 2 rings (SSSR count). The Bertz CT molecular complexity index is 727. The fourth-order valence-corrected chi connectivity index (χ4v) is 3.01. The largest absolute Gasteiger partial charge is 0.490 e. The summed E-state index contributed by atoms with van der Waals surface area (Å²) in [7, 11) is 2.07. The number of hydrogen-bond acceptors (Lipinski definition) is 4. The first-order valence-electron chi connectivity index (χ1n) is 8.50. The van der Waals surface area contributed by atoms with Gasteiger partial charge >= 0.3 is 0 Å². The molecule has 1 atom stereocenters. The molecule has 0 aliphatic carbocycles. The lowest BCUT2D eigenvalue weighted by atomic mass is 10.0. The van der Waals surface area contributed by atoms with Crippen LogP contribution in [0.25, 0.3) is 0 Å². The highest BCUT2D eigenvalue weighted by Gasteiger charge is 2.08. The van der Waals surface area contributed by atoms with Crippen molar-refractivity contribution in [2.75, 3.05) is 26.7 Å². The van der Waals surface area contributed by atoms with Crippen molar-refractivity contribution < 1.29 is 9.53 Å². The van der Waals surface area contributed by atoms with E-state index in [1.807, 2.05) is 42.5 Å². The normalized spacial score (nSPS) is 12.5. The van der Waals surface area contributed by atoms with Crippen LogP contribution in [0.15, 0.2) is 65.2 Å². The molecule has 0 N–H and O–H groups in total. The van der Waals surface area contributed by atoms with Gasteiger partial charge in [0.2, 0.25) is 0 Å². The molecule has 0 aliphatic heterocycles. The van der Waals surface area contributed by atoms with E-state index in [0.29, 0.717) is 23.0 Å². The minimum atomic E-state index is 0.00500. The molecule has 0 radical (unpaired) electrons. The van der Waals surface area contributed by atoms with E-state index in [0.717, 1.165) is 23.3 Å². The molecular formula is C21H24BrNO2S. The summed E-state index contributed by atoms with van der Waals surface area (Å²) >= 11 is 7.76. The van der Waals surface area contributed by atoms with Crippen molar-refractivity contribution in [3.05, 3.63) is 76.3 Å². The molecule has 0 heterocycles. The summed E-state index contributed by atoms with van der Waals surface area (Å²) in [5.41, 5.74) is 1.32. The van der Waals surface area contributed by atoms with E-state index in [-0.39, 0.29) is 5.78 Å². The third-order valence-electron chi connectivity index (χ3n) is 3.73. The Hall–Kier alpha value is -1.56. The fourth-order valence-electron chi connectivity index (χ4n) is 2.46. The number of halogens is 1. The van der Waals surface area contributed by atoms with Gasteiger partial charge in [-0.05, 0) is 55.6 Å². The van der Waals surface area contributed by atoms with Gasteiger partial charge in [-0.25, -0.2) is 0 Å². The number of carbonyl (C=O) groups is 1. The minimum absolute atomic E-state index is 0.00500. The quantitative estimate of drug-likeness (QED) is 0.347. The Morgan fingerprint density at radius 2 is 1.69 bits per heavy atom. The number of ether oxygens (including phenoxy) is 1. The van der Waals surface area contributed by atoms with E-state index in [1.54, 1.807) is 12.1 Å². The van der Waals surface area contributed by atoms with Gasteiger partial charge < -0.3 is 9.64 Å². The van der Waals surface area contributed by atoms with Gasteiger partial charge in [-0.2, -0.15) is 12.6 Å². The standard InChI is InChI=1S/C21H24BrNO2S/c1-16(26)15-23(2)13-3-4-14-25-20-11-7-18(8-12-20)21(24)17-5-9-19(22)10-6-17/h3-12,16,26H,13-15H2,1-2H3/b4-3+. The third kappa shape index (κ3) is 6.98. The van der Waals surface area contributed by atoms with E-state index in [9.17, 15) is 4.79 Å². The second-order valence-corrected chi connectivity index (χ2v) is 8.01. The van der Waals surface area contributed by atoms with Gasteiger partial charge in [-0.15, -0.1) is 0 Å². The number of nitrogens with zero attached hydrogens (tertiary/aromatic N) is 1. The highest BCUT2D eigenvalue weighted by Crippen LogP contribution is 2.17. The minimum Gasteiger partial charge on any atom is -0.490 e. The molecule has 2 aromatic rings. The van der Waals surface area contributed by atoms with E-state index in [2.05, 4.69) is 53.5 Å². The average molecular weight is 434 g/mol. The Morgan fingerprint density at radius 3 is 2.27 bits per heavy atom. The molecule has 138 valence electrons. The highest BCUT2D eigenvalue weighted by atomic mass is 79.9. The van der Waals surface area contributed by atoms with Crippen molar-refractivity contribution >= 4 is 34.3 Å². The number of carbonyl (C=O) groups excluding carboxylic acids is 1. The molecule has 26 heavy (non-hydrogen) atoms. The van der Waals surface area contributed by atoms with Crippen LogP contribution in [0.1, 0.15) is 22.8 Å². The molecule has 5 heteroatoms. The van der Waals surface area contributed by atoms with Gasteiger partial charge in [0.15, 0.2) is 5.78 Å². The third-order valence-corrected chi connectivity index (χ3v) is 4.42. The maximum atomic E-state index is 12.4. The molecule has 0 aromatic heterocycles. The van der Waals surface area contributed by atoms with Crippen LogP contribution in [0, 0.1) is 0 Å². The number of likely N-dealkylation sites (N-methyl/N-ethyl adjacent to an activating group) is 1. The van der Waals surface area contributed by atoms with Crippen LogP contribution in [-0.2, 0) is 0 Å². The fraction of sp³-hybridized carbons (Fsp3) is 0.286. The molecule has 0 saturated carbocycles. The highest BCUT2D eigenvalue weighted by molar-refractivity contribution is 9.10. The first-order chi connectivity index (χ1) is 12.5. The maximum Gasteiger partial charge on any atom is 0.193 e. The lowest BCUT2D eigenvalue weighted by Crippen LogP contribution is -2.24. The summed E-state index contributed by atoms with van der Waals surface area (Å²) in [6.45, 7) is 4.40. The van der Waals surface area contributed by atoms with Crippen LogP contribution < -0.4 is 4.74 Å².